The molecule has 0 heterocycles. The molecule has 2 rings (SSSR count). The van der Waals surface area contributed by atoms with Crippen LogP contribution in [0.25, 0.3) is 0 Å². The minimum atomic E-state index is -3.65. The fourth-order valence-electron chi connectivity index (χ4n) is 2.49. The summed E-state index contributed by atoms with van der Waals surface area (Å²) in [5.41, 5.74) is 0.753. The summed E-state index contributed by atoms with van der Waals surface area (Å²) in [4.78, 5) is 12.1. The second kappa shape index (κ2) is 10.6. The van der Waals surface area contributed by atoms with Crippen LogP contribution in [0.3, 0.4) is 0 Å². The van der Waals surface area contributed by atoms with Gasteiger partial charge in [-0.1, -0.05) is 37.1 Å². The summed E-state index contributed by atoms with van der Waals surface area (Å²) in [5.74, 6) is -0.546. The Morgan fingerprint density at radius 1 is 1.21 bits per heavy atom. The molecule has 0 radical (unpaired) electrons. The predicted molar refractivity (Wildman–Crippen MR) is 110 cm³/mol. The van der Waals surface area contributed by atoms with E-state index in [-0.39, 0.29) is 34.1 Å². The molecule has 2 N–H and O–H groups in total. The van der Waals surface area contributed by atoms with Gasteiger partial charge in [0.2, 0.25) is 10.0 Å². The highest BCUT2D eigenvalue weighted by molar-refractivity contribution is 7.89. The molecule has 0 bridgehead atoms. The number of nitrogens with one attached hydrogen (secondary N) is 2. The number of sulfonamides is 1. The summed E-state index contributed by atoms with van der Waals surface area (Å²) < 4.78 is 45.3. The molecule has 0 aliphatic rings. The van der Waals surface area contributed by atoms with Crippen molar-refractivity contribution in [3.05, 3.63) is 58.9 Å². The smallest absolute Gasteiger partial charge is 0.258 e. The maximum atomic E-state index is 13.0. The number of carbonyl (C=O) groups excluding carboxylic acids is 1. The van der Waals surface area contributed by atoms with Crippen molar-refractivity contribution in [2.45, 2.75) is 37.6 Å². The second-order valence-electron chi connectivity index (χ2n) is 6.47. The molecule has 0 fully saturated rings. The van der Waals surface area contributed by atoms with Crippen molar-refractivity contribution in [3.63, 3.8) is 0 Å². The van der Waals surface area contributed by atoms with Gasteiger partial charge in [-0.15, -0.1) is 0 Å². The van der Waals surface area contributed by atoms with Gasteiger partial charge in [0, 0.05) is 6.54 Å². The lowest BCUT2D eigenvalue weighted by atomic mass is 10.1. The van der Waals surface area contributed by atoms with Crippen LogP contribution in [-0.2, 0) is 14.8 Å². The molecule has 1 atom stereocenters. The molecule has 29 heavy (non-hydrogen) atoms. The molecule has 0 saturated carbocycles. The van der Waals surface area contributed by atoms with Crippen LogP contribution in [0.2, 0.25) is 5.02 Å². The number of hydrogen-bond acceptors (Lipinski definition) is 4. The molecule has 0 aromatic heterocycles. The van der Waals surface area contributed by atoms with Crippen LogP contribution in [0.5, 0.6) is 5.75 Å². The van der Waals surface area contributed by atoms with E-state index in [4.69, 9.17) is 16.3 Å². The molecule has 6 nitrogen and oxygen atoms in total. The van der Waals surface area contributed by atoms with E-state index in [0.717, 1.165) is 18.4 Å². The van der Waals surface area contributed by atoms with Gasteiger partial charge in [-0.05, 0) is 49.2 Å². The number of unbranched alkanes of at least 4 members (excludes halogenated alkanes) is 1. The number of benzene rings is 2. The largest absolute Gasteiger partial charge is 0.482 e. The first-order valence-corrected chi connectivity index (χ1v) is 11.1. The van der Waals surface area contributed by atoms with Gasteiger partial charge in [0.25, 0.3) is 5.91 Å². The third kappa shape index (κ3) is 6.99. The lowest BCUT2D eigenvalue weighted by Gasteiger charge is -2.15. The summed E-state index contributed by atoms with van der Waals surface area (Å²) in [6.45, 7) is 3.78. The van der Waals surface area contributed by atoms with Crippen LogP contribution in [-0.4, -0.2) is 27.5 Å². The van der Waals surface area contributed by atoms with Gasteiger partial charge in [0.1, 0.15) is 11.6 Å². The van der Waals surface area contributed by atoms with E-state index in [0.29, 0.717) is 6.54 Å². The molecular formula is C20H24ClFN2O4S. The third-order valence-electron chi connectivity index (χ3n) is 4.14. The van der Waals surface area contributed by atoms with Gasteiger partial charge >= 0.3 is 0 Å². The highest BCUT2D eigenvalue weighted by atomic mass is 35.5. The number of ether oxygens (including phenoxy) is 1. The van der Waals surface area contributed by atoms with Crippen molar-refractivity contribution in [3.8, 4) is 5.75 Å². The van der Waals surface area contributed by atoms with Gasteiger partial charge in [0.15, 0.2) is 6.61 Å². The summed E-state index contributed by atoms with van der Waals surface area (Å²) >= 11 is 6.11. The normalized spacial score (nSPS) is 12.4. The highest BCUT2D eigenvalue weighted by Gasteiger charge is 2.16. The minimum Gasteiger partial charge on any atom is -0.482 e. The van der Waals surface area contributed by atoms with E-state index < -0.39 is 15.9 Å². The Hall–Kier alpha value is -2.16. The fourth-order valence-corrected chi connectivity index (χ4v) is 3.89. The quantitative estimate of drug-likeness (QED) is 0.548. The Bertz CT molecular complexity index is 936. The first-order valence-electron chi connectivity index (χ1n) is 9.19. The first-order chi connectivity index (χ1) is 13.7. The monoisotopic (exact) mass is 442 g/mol. The molecule has 2 aromatic rings. The van der Waals surface area contributed by atoms with Crippen molar-refractivity contribution in [2.24, 2.45) is 0 Å². The Morgan fingerprint density at radius 3 is 2.52 bits per heavy atom. The average molecular weight is 443 g/mol. The minimum absolute atomic E-state index is 0.0281. The number of rotatable bonds is 10. The molecule has 0 aliphatic carbocycles. The Morgan fingerprint density at radius 2 is 1.90 bits per heavy atom. The molecule has 0 unspecified atom stereocenters. The summed E-state index contributed by atoms with van der Waals surface area (Å²) in [5, 5.41) is 2.82. The number of hydrogen-bond donors (Lipinski definition) is 2. The molecule has 158 valence electrons. The summed E-state index contributed by atoms with van der Waals surface area (Å²) in [6, 6.07) is 9.55. The van der Waals surface area contributed by atoms with Crippen LogP contribution >= 0.6 is 11.6 Å². The molecule has 0 spiro atoms. The zero-order valence-corrected chi connectivity index (χ0v) is 17.8. The van der Waals surface area contributed by atoms with Gasteiger partial charge in [-0.2, -0.15) is 0 Å². The number of amides is 1. The lowest BCUT2D eigenvalue weighted by Crippen LogP contribution is -2.31. The van der Waals surface area contributed by atoms with Gasteiger partial charge in [-0.25, -0.2) is 17.5 Å². The topological polar surface area (TPSA) is 84.5 Å². The van der Waals surface area contributed by atoms with Crippen LogP contribution in [0, 0.1) is 5.82 Å². The average Bonchev–Trinajstić information content (AvgIpc) is 2.67. The maximum absolute atomic E-state index is 13.0. The van der Waals surface area contributed by atoms with E-state index in [9.17, 15) is 17.6 Å². The predicted octanol–water partition coefficient (Wildman–Crippen LogP) is 3.81. The van der Waals surface area contributed by atoms with Crippen molar-refractivity contribution in [2.75, 3.05) is 13.2 Å². The van der Waals surface area contributed by atoms with Crippen molar-refractivity contribution in [1.82, 2.24) is 10.0 Å². The van der Waals surface area contributed by atoms with Gasteiger partial charge < -0.3 is 10.1 Å². The molecule has 0 aliphatic heterocycles. The zero-order valence-electron chi connectivity index (χ0n) is 16.2. The highest BCUT2D eigenvalue weighted by Crippen LogP contribution is 2.27. The second-order valence-corrected chi connectivity index (χ2v) is 8.65. The Kier molecular flexibility index (Phi) is 8.43. The van der Waals surface area contributed by atoms with Crippen LogP contribution in [0.15, 0.2) is 47.4 Å². The van der Waals surface area contributed by atoms with Crippen LogP contribution < -0.4 is 14.8 Å². The van der Waals surface area contributed by atoms with Gasteiger partial charge in [-0.3, -0.25) is 4.79 Å². The molecule has 9 heteroatoms. The summed E-state index contributed by atoms with van der Waals surface area (Å²) in [7, 11) is -3.65. The van der Waals surface area contributed by atoms with E-state index in [1.54, 1.807) is 19.1 Å². The van der Waals surface area contributed by atoms with Crippen molar-refractivity contribution in [1.29, 1.82) is 0 Å². The fraction of sp³-hybridized carbons (Fsp3) is 0.350. The number of halogens is 2. The van der Waals surface area contributed by atoms with Crippen molar-refractivity contribution >= 4 is 27.5 Å². The SMILES string of the molecule is CCCCNS(=O)(=O)c1ccc(OCC(=O)N[C@H](C)c2ccc(F)cc2)c(Cl)c1. The molecule has 2 aromatic carbocycles. The van der Waals surface area contributed by atoms with Crippen molar-refractivity contribution < 1.29 is 22.3 Å². The van der Waals surface area contributed by atoms with Crippen LogP contribution in [0.4, 0.5) is 4.39 Å². The van der Waals surface area contributed by atoms with E-state index in [1.165, 1.54) is 30.3 Å². The third-order valence-corrected chi connectivity index (χ3v) is 5.90. The zero-order chi connectivity index (χ0) is 21.4. The molecular weight excluding hydrogens is 419 g/mol. The lowest BCUT2D eigenvalue weighted by molar-refractivity contribution is -0.123. The van der Waals surface area contributed by atoms with Gasteiger partial charge in [0.05, 0.1) is 16.0 Å². The standard InChI is InChI=1S/C20H24ClFN2O4S/c1-3-4-11-23-29(26,27)17-9-10-19(18(21)12-17)28-13-20(25)24-14(2)15-5-7-16(22)8-6-15/h5-10,12,14,23H,3-4,11,13H2,1-2H3,(H,24,25)/t14-/m1/s1. The maximum Gasteiger partial charge on any atom is 0.258 e. The Labute approximate surface area is 175 Å². The molecule has 0 saturated heterocycles. The summed E-state index contributed by atoms with van der Waals surface area (Å²) in [6.07, 6.45) is 1.61. The van der Waals surface area contributed by atoms with Crippen LogP contribution in [0.1, 0.15) is 38.3 Å². The Balaban J connectivity index is 1.93. The van der Waals surface area contributed by atoms with E-state index in [1.807, 2.05) is 6.92 Å². The van der Waals surface area contributed by atoms with E-state index in [2.05, 4.69) is 10.0 Å². The molecule has 1 amide bonds. The van der Waals surface area contributed by atoms with E-state index >= 15 is 0 Å². The first kappa shape index (κ1) is 23.1. The number of carbonyl (C=O) groups is 1.